The molecule has 0 aromatic heterocycles. The van der Waals surface area contributed by atoms with Crippen molar-refractivity contribution in [3.8, 4) is 0 Å². The second-order valence-corrected chi connectivity index (χ2v) is 8.54. The Labute approximate surface area is 145 Å². The number of benzene rings is 1. The Kier molecular flexibility index (Phi) is 4.51. The Hall–Kier alpha value is -2.42. The van der Waals surface area contributed by atoms with Crippen molar-refractivity contribution in [1.82, 2.24) is 15.1 Å². The van der Waals surface area contributed by atoms with Crippen molar-refractivity contribution in [3.05, 3.63) is 35.4 Å². The van der Waals surface area contributed by atoms with Crippen LogP contribution in [0.4, 0.5) is 4.79 Å². The van der Waals surface area contributed by atoms with Gasteiger partial charge < -0.3 is 10.2 Å². The zero-order valence-electron chi connectivity index (χ0n) is 13.8. The number of hydrogen-bond donors (Lipinski definition) is 1. The van der Waals surface area contributed by atoms with E-state index in [-0.39, 0.29) is 42.5 Å². The highest BCUT2D eigenvalue weighted by Gasteiger charge is 2.33. The third-order valence-corrected chi connectivity index (χ3v) is 6.31. The molecule has 134 valence electrons. The zero-order chi connectivity index (χ0) is 18.2. The highest BCUT2D eigenvalue weighted by atomic mass is 32.2. The molecule has 0 aliphatic carbocycles. The first-order chi connectivity index (χ1) is 11.8. The number of hydrogen-bond acceptors (Lipinski definition) is 5. The Morgan fingerprint density at radius 2 is 1.96 bits per heavy atom. The average Bonchev–Trinajstić information content (AvgIpc) is 3.10. The summed E-state index contributed by atoms with van der Waals surface area (Å²) in [6, 6.07) is 5.89. The minimum atomic E-state index is -3.06. The minimum absolute atomic E-state index is 0.000489. The lowest BCUT2D eigenvalue weighted by Crippen LogP contribution is -2.37. The summed E-state index contributed by atoms with van der Waals surface area (Å²) in [5.74, 6) is -0.421. The fraction of sp³-hybridized carbons (Fsp3) is 0.438. The lowest BCUT2D eigenvalue weighted by atomic mass is 10.1. The standard InChI is InChI=1S/C16H19N3O5S/c1-18(13-6-7-25(23,24)10-13)15(21)12-4-2-11(3-5-12)9-19-14(20)8-17-16(19)22/h2-5,13H,6-10H2,1H3,(H,17,22). The van der Waals surface area contributed by atoms with E-state index in [1.165, 1.54) is 4.90 Å². The minimum Gasteiger partial charge on any atom is -0.338 e. The van der Waals surface area contributed by atoms with E-state index in [0.29, 0.717) is 12.0 Å². The van der Waals surface area contributed by atoms with Crippen LogP contribution < -0.4 is 5.32 Å². The molecule has 0 saturated carbocycles. The molecule has 1 aromatic carbocycles. The molecule has 1 unspecified atom stereocenters. The molecular formula is C16H19N3O5S. The first-order valence-electron chi connectivity index (χ1n) is 7.91. The SMILES string of the molecule is CN(C(=O)c1ccc(CN2C(=O)CNC2=O)cc1)C1CCS(=O)(=O)C1. The number of imide groups is 1. The number of urea groups is 1. The van der Waals surface area contributed by atoms with Crippen LogP contribution in [-0.4, -0.2) is 67.2 Å². The van der Waals surface area contributed by atoms with Crippen molar-refractivity contribution in [1.29, 1.82) is 0 Å². The highest BCUT2D eigenvalue weighted by molar-refractivity contribution is 7.91. The number of rotatable bonds is 4. The number of nitrogens with one attached hydrogen (secondary N) is 1. The average molecular weight is 365 g/mol. The van der Waals surface area contributed by atoms with E-state index in [1.807, 2.05) is 0 Å². The van der Waals surface area contributed by atoms with Crippen LogP contribution in [-0.2, 0) is 21.2 Å². The quantitative estimate of drug-likeness (QED) is 0.756. The number of amides is 4. The first-order valence-corrected chi connectivity index (χ1v) is 9.74. The highest BCUT2D eigenvalue weighted by Crippen LogP contribution is 2.19. The molecule has 3 rings (SSSR count). The smallest absolute Gasteiger partial charge is 0.324 e. The van der Waals surface area contributed by atoms with Gasteiger partial charge in [-0.3, -0.25) is 14.5 Å². The summed E-state index contributed by atoms with van der Waals surface area (Å²) in [5.41, 5.74) is 1.17. The fourth-order valence-corrected chi connectivity index (χ4v) is 4.78. The second-order valence-electron chi connectivity index (χ2n) is 6.31. The number of nitrogens with zero attached hydrogens (tertiary/aromatic N) is 2. The molecule has 1 N–H and O–H groups in total. The molecule has 2 aliphatic heterocycles. The van der Waals surface area contributed by atoms with E-state index in [9.17, 15) is 22.8 Å². The molecule has 25 heavy (non-hydrogen) atoms. The maximum absolute atomic E-state index is 12.5. The van der Waals surface area contributed by atoms with Gasteiger partial charge in [0.05, 0.1) is 24.6 Å². The third kappa shape index (κ3) is 3.65. The molecule has 8 nitrogen and oxygen atoms in total. The van der Waals surface area contributed by atoms with Crippen LogP contribution in [0.15, 0.2) is 24.3 Å². The monoisotopic (exact) mass is 365 g/mol. The molecule has 1 atom stereocenters. The van der Waals surface area contributed by atoms with Gasteiger partial charge in [-0.25, -0.2) is 13.2 Å². The molecule has 9 heteroatoms. The van der Waals surface area contributed by atoms with E-state index < -0.39 is 15.9 Å². The van der Waals surface area contributed by atoms with Crippen molar-refractivity contribution in [2.45, 2.75) is 19.0 Å². The second kappa shape index (κ2) is 6.47. The van der Waals surface area contributed by atoms with Gasteiger partial charge in [0.2, 0.25) is 5.91 Å². The molecule has 0 bridgehead atoms. The van der Waals surface area contributed by atoms with Crippen LogP contribution in [0.2, 0.25) is 0 Å². The first kappa shape index (κ1) is 17.4. The van der Waals surface area contributed by atoms with Crippen LogP contribution >= 0.6 is 0 Å². The molecule has 2 saturated heterocycles. The van der Waals surface area contributed by atoms with Gasteiger partial charge in [-0.15, -0.1) is 0 Å². The topological polar surface area (TPSA) is 104 Å². The molecule has 0 radical (unpaired) electrons. The molecule has 1 aromatic rings. The van der Waals surface area contributed by atoms with Crippen LogP contribution in [0.5, 0.6) is 0 Å². The summed E-state index contributed by atoms with van der Waals surface area (Å²) in [5, 5.41) is 2.45. The van der Waals surface area contributed by atoms with Gasteiger partial charge in [0.1, 0.15) is 0 Å². The van der Waals surface area contributed by atoms with Gasteiger partial charge in [0, 0.05) is 18.7 Å². The Morgan fingerprint density at radius 3 is 2.48 bits per heavy atom. The predicted octanol–water partition coefficient (Wildman–Crippen LogP) is -0.00250. The van der Waals surface area contributed by atoms with Crippen LogP contribution in [0.1, 0.15) is 22.3 Å². The summed E-state index contributed by atoms with van der Waals surface area (Å²) < 4.78 is 23.1. The van der Waals surface area contributed by atoms with Crippen molar-refractivity contribution in [3.63, 3.8) is 0 Å². The van der Waals surface area contributed by atoms with Crippen LogP contribution in [0, 0.1) is 0 Å². The van der Waals surface area contributed by atoms with E-state index in [2.05, 4.69) is 5.32 Å². The molecule has 2 fully saturated rings. The van der Waals surface area contributed by atoms with E-state index in [0.717, 1.165) is 10.5 Å². The van der Waals surface area contributed by atoms with Gasteiger partial charge in [-0.1, -0.05) is 12.1 Å². The van der Waals surface area contributed by atoms with Gasteiger partial charge in [0.15, 0.2) is 9.84 Å². The van der Waals surface area contributed by atoms with Gasteiger partial charge in [-0.2, -0.15) is 0 Å². The molecule has 2 aliphatic rings. The van der Waals surface area contributed by atoms with Crippen molar-refractivity contribution >= 4 is 27.7 Å². The van der Waals surface area contributed by atoms with E-state index in [4.69, 9.17) is 0 Å². The van der Waals surface area contributed by atoms with Crippen LogP contribution in [0.3, 0.4) is 0 Å². The number of carbonyl (C=O) groups excluding carboxylic acids is 3. The van der Waals surface area contributed by atoms with Crippen molar-refractivity contribution in [2.75, 3.05) is 25.1 Å². The maximum Gasteiger partial charge on any atom is 0.324 e. The summed E-state index contributed by atoms with van der Waals surface area (Å²) >= 11 is 0. The van der Waals surface area contributed by atoms with Gasteiger partial charge >= 0.3 is 6.03 Å². The van der Waals surface area contributed by atoms with Gasteiger partial charge in [-0.05, 0) is 24.1 Å². The zero-order valence-corrected chi connectivity index (χ0v) is 14.6. The normalized spacial score (nSPS) is 22.1. The van der Waals surface area contributed by atoms with E-state index in [1.54, 1.807) is 31.3 Å². The molecular weight excluding hydrogens is 346 g/mol. The number of carbonyl (C=O) groups is 3. The van der Waals surface area contributed by atoms with Gasteiger partial charge in [0.25, 0.3) is 5.91 Å². The largest absolute Gasteiger partial charge is 0.338 e. The summed E-state index contributed by atoms with van der Waals surface area (Å²) in [7, 11) is -1.45. The molecule has 0 spiro atoms. The Bertz CT molecular complexity index is 803. The summed E-state index contributed by atoms with van der Waals surface area (Å²) in [6.45, 7) is 0.153. The fourth-order valence-electron chi connectivity index (χ4n) is 3.00. The van der Waals surface area contributed by atoms with Crippen molar-refractivity contribution < 1.29 is 22.8 Å². The predicted molar refractivity (Wildman–Crippen MR) is 89.5 cm³/mol. The number of sulfone groups is 1. The third-order valence-electron chi connectivity index (χ3n) is 4.56. The lowest BCUT2D eigenvalue weighted by Gasteiger charge is -2.23. The van der Waals surface area contributed by atoms with Crippen molar-refractivity contribution in [2.24, 2.45) is 0 Å². The summed E-state index contributed by atoms with van der Waals surface area (Å²) in [4.78, 5) is 38.2. The lowest BCUT2D eigenvalue weighted by molar-refractivity contribution is -0.125. The summed E-state index contributed by atoms with van der Waals surface area (Å²) in [6.07, 6.45) is 0.453. The molecule has 4 amide bonds. The Morgan fingerprint density at radius 1 is 1.28 bits per heavy atom. The maximum atomic E-state index is 12.5. The van der Waals surface area contributed by atoms with Crippen LogP contribution in [0.25, 0.3) is 0 Å². The Balaban J connectivity index is 1.66. The molecule has 2 heterocycles. The van der Waals surface area contributed by atoms with E-state index >= 15 is 0 Å².